The minimum Gasteiger partial charge on any atom is -0.371 e. The van der Waals surface area contributed by atoms with E-state index in [0.717, 1.165) is 40.6 Å². The van der Waals surface area contributed by atoms with Crippen LogP contribution in [0.15, 0.2) is 71.6 Å². The molecule has 4 nitrogen and oxygen atoms in total. The average molecular weight is 575 g/mol. The third kappa shape index (κ3) is 5.51. The lowest BCUT2D eigenvalue weighted by Crippen LogP contribution is -2.36. The lowest BCUT2D eigenvalue weighted by Gasteiger charge is -2.37. The van der Waals surface area contributed by atoms with Crippen LogP contribution in [0.5, 0.6) is 0 Å². The van der Waals surface area contributed by atoms with E-state index in [9.17, 15) is 13.6 Å². The Hall–Kier alpha value is -2.90. The van der Waals surface area contributed by atoms with Gasteiger partial charge in [-0.3, -0.25) is 4.79 Å². The molecule has 2 aliphatic carbocycles. The summed E-state index contributed by atoms with van der Waals surface area (Å²) in [6.07, 6.45) is 5.30. The van der Waals surface area contributed by atoms with Gasteiger partial charge in [-0.15, -0.1) is 11.8 Å². The monoisotopic (exact) mass is 574 g/mol. The van der Waals surface area contributed by atoms with Gasteiger partial charge in [0.2, 0.25) is 5.92 Å². The zero-order chi connectivity index (χ0) is 28.1. The van der Waals surface area contributed by atoms with Crippen LogP contribution in [0.1, 0.15) is 78.4 Å². The van der Waals surface area contributed by atoms with Crippen LogP contribution in [0.25, 0.3) is 0 Å². The van der Waals surface area contributed by atoms with E-state index >= 15 is 0 Å². The smallest absolute Gasteiger partial charge is 0.257 e. The van der Waals surface area contributed by atoms with Crippen molar-refractivity contribution >= 4 is 29.0 Å². The maximum absolute atomic E-state index is 13.9. The molecule has 0 unspecified atom stereocenters. The zero-order valence-corrected chi connectivity index (χ0v) is 24.1. The number of rotatable bonds is 6. The van der Waals surface area contributed by atoms with Gasteiger partial charge in [0.1, 0.15) is 0 Å². The molecular weight excluding hydrogens is 538 g/mol. The van der Waals surface area contributed by atoms with E-state index in [1.165, 1.54) is 31.2 Å². The van der Waals surface area contributed by atoms with E-state index < -0.39 is 11.5 Å². The molecule has 41 heavy (non-hydrogen) atoms. The number of amides is 1. The number of nitrogens with zero attached hydrogens (tertiary/aromatic N) is 1. The first kappa shape index (κ1) is 27.0. The molecule has 4 aliphatic rings. The number of anilines is 2. The van der Waals surface area contributed by atoms with Gasteiger partial charge in [-0.1, -0.05) is 36.4 Å². The number of ether oxygens (including phenoxy) is 1. The molecule has 3 fully saturated rings. The predicted molar refractivity (Wildman–Crippen MR) is 160 cm³/mol. The van der Waals surface area contributed by atoms with E-state index in [2.05, 4.69) is 40.5 Å². The van der Waals surface area contributed by atoms with Gasteiger partial charge >= 0.3 is 0 Å². The maximum atomic E-state index is 13.9. The zero-order valence-electron chi connectivity index (χ0n) is 23.3. The van der Waals surface area contributed by atoms with Gasteiger partial charge in [-0.05, 0) is 91.0 Å². The van der Waals surface area contributed by atoms with Gasteiger partial charge in [0.15, 0.2) is 0 Å². The minimum atomic E-state index is -2.63. The molecule has 0 atom stereocenters. The van der Waals surface area contributed by atoms with Crippen LogP contribution in [0, 0.1) is 5.41 Å². The van der Waals surface area contributed by atoms with Crippen molar-refractivity contribution in [2.24, 2.45) is 5.41 Å². The van der Waals surface area contributed by atoms with Crippen LogP contribution < -0.4 is 10.2 Å². The summed E-state index contributed by atoms with van der Waals surface area (Å²) in [5.41, 5.74) is 5.46. The molecule has 2 saturated carbocycles. The van der Waals surface area contributed by atoms with E-state index in [1.54, 1.807) is 11.8 Å². The second-order valence-electron chi connectivity index (χ2n) is 12.4. The van der Waals surface area contributed by atoms with Crippen molar-refractivity contribution in [3.05, 3.63) is 89.0 Å². The molecule has 1 N–H and O–H groups in total. The van der Waals surface area contributed by atoms with Crippen molar-refractivity contribution in [3.8, 4) is 0 Å². The molecule has 3 aromatic carbocycles. The molecule has 2 heterocycles. The Morgan fingerprint density at radius 2 is 1.63 bits per heavy atom. The lowest BCUT2D eigenvalue weighted by atomic mass is 9.77. The fourth-order valence-corrected chi connectivity index (χ4v) is 7.71. The molecule has 0 radical (unpaired) electrons. The topological polar surface area (TPSA) is 41.6 Å². The molecule has 214 valence electrons. The summed E-state index contributed by atoms with van der Waals surface area (Å²) >= 11 is 1.79. The van der Waals surface area contributed by atoms with E-state index in [4.69, 9.17) is 4.74 Å². The maximum Gasteiger partial charge on any atom is 0.257 e. The van der Waals surface area contributed by atoms with Crippen LogP contribution in [0.2, 0.25) is 0 Å². The Morgan fingerprint density at radius 3 is 2.37 bits per heavy atom. The Balaban J connectivity index is 1.13. The quantitative estimate of drug-likeness (QED) is 0.300. The second-order valence-corrected chi connectivity index (χ2v) is 13.5. The molecule has 2 aliphatic heterocycles. The van der Waals surface area contributed by atoms with E-state index in [1.807, 2.05) is 36.4 Å². The number of hydrogen-bond acceptors (Lipinski definition) is 4. The summed E-state index contributed by atoms with van der Waals surface area (Å²) in [6.45, 7) is 2.37. The third-order valence-corrected chi connectivity index (χ3v) is 10.8. The highest BCUT2D eigenvalue weighted by atomic mass is 32.2. The summed E-state index contributed by atoms with van der Waals surface area (Å²) in [4.78, 5) is 17.3. The largest absolute Gasteiger partial charge is 0.371 e. The van der Waals surface area contributed by atoms with Gasteiger partial charge < -0.3 is 15.0 Å². The summed E-state index contributed by atoms with van der Waals surface area (Å²) in [5.74, 6) is -1.90. The molecular formula is C34H36F2N2O2S. The molecule has 7 rings (SSSR count). The number of thioether (sulfide) groups is 1. The normalized spacial score (nSPS) is 21.6. The highest BCUT2D eigenvalue weighted by molar-refractivity contribution is 7.98. The number of hydrogen-bond donors (Lipinski definition) is 1. The Bertz CT molecular complexity index is 1440. The fourth-order valence-electron chi connectivity index (χ4n) is 6.82. The van der Waals surface area contributed by atoms with Crippen molar-refractivity contribution < 1.29 is 18.3 Å². The van der Waals surface area contributed by atoms with Gasteiger partial charge in [0, 0.05) is 42.3 Å². The molecule has 3 aromatic rings. The SMILES string of the molecule is O=C(Nc1ccc2c(c1)C1(CCC(F)(F)CC1)OC2)c1ccc(SCc2ccccc2)cc1N1CCC2(CC1)CC2. The van der Waals surface area contributed by atoms with Crippen molar-refractivity contribution in [1.29, 1.82) is 0 Å². The summed E-state index contributed by atoms with van der Waals surface area (Å²) in [7, 11) is 0. The average Bonchev–Trinajstić information content (AvgIpc) is 3.65. The highest BCUT2D eigenvalue weighted by Gasteiger charge is 2.48. The Labute approximate surface area is 244 Å². The molecule has 2 spiro atoms. The highest BCUT2D eigenvalue weighted by Crippen LogP contribution is 2.54. The van der Waals surface area contributed by atoms with Gasteiger partial charge in [0.25, 0.3) is 5.91 Å². The standard InChI is InChI=1S/C34H36F2N2O2S/c35-34(36)14-12-33(13-15-34)29-20-26(7-6-25(29)22-40-33)37-31(39)28-9-8-27(41-23-24-4-2-1-3-5-24)21-30(28)38-18-16-32(10-11-32)17-19-38/h1-9,20-21H,10-19,22-23H2,(H,37,39). The fraction of sp³-hybridized carbons (Fsp3) is 0.441. The molecule has 7 heteroatoms. The second kappa shape index (κ2) is 10.4. The van der Waals surface area contributed by atoms with Crippen molar-refractivity contribution in [1.82, 2.24) is 0 Å². The lowest BCUT2D eigenvalue weighted by molar-refractivity contribution is -0.130. The number of piperidine rings is 1. The summed E-state index contributed by atoms with van der Waals surface area (Å²) in [6, 6.07) is 22.4. The number of nitrogens with one attached hydrogen (secondary N) is 1. The van der Waals surface area contributed by atoms with Crippen LogP contribution >= 0.6 is 11.8 Å². The van der Waals surface area contributed by atoms with Gasteiger partial charge in [0.05, 0.1) is 23.5 Å². The minimum absolute atomic E-state index is 0.144. The Kier molecular flexibility index (Phi) is 6.86. The summed E-state index contributed by atoms with van der Waals surface area (Å²) in [5, 5.41) is 3.14. The van der Waals surface area contributed by atoms with Crippen LogP contribution in [-0.2, 0) is 22.7 Å². The first-order valence-corrected chi connectivity index (χ1v) is 15.8. The van der Waals surface area contributed by atoms with Crippen LogP contribution in [0.4, 0.5) is 20.2 Å². The molecule has 1 saturated heterocycles. The number of halogens is 2. The van der Waals surface area contributed by atoms with Crippen molar-refractivity contribution in [3.63, 3.8) is 0 Å². The van der Waals surface area contributed by atoms with Crippen LogP contribution in [-0.4, -0.2) is 24.9 Å². The number of fused-ring (bicyclic) bond motifs is 2. The summed E-state index contributed by atoms with van der Waals surface area (Å²) < 4.78 is 34.0. The Morgan fingerprint density at radius 1 is 0.878 bits per heavy atom. The first-order valence-electron chi connectivity index (χ1n) is 14.8. The van der Waals surface area contributed by atoms with E-state index in [0.29, 0.717) is 36.1 Å². The number of benzene rings is 3. The molecule has 0 aromatic heterocycles. The number of alkyl halides is 2. The van der Waals surface area contributed by atoms with Gasteiger partial charge in [-0.2, -0.15) is 0 Å². The first-order chi connectivity index (χ1) is 19.8. The van der Waals surface area contributed by atoms with Crippen molar-refractivity contribution in [2.45, 2.75) is 80.1 Å². The number of carbonyl (C=O) groups excluding carboxylic acids is 1. The molecule has 1 amide bonds. The van der Waals surface area contributed by atoms with Crippen LogP contribution in [0.3, 0.4) is 0 Å². The van der Waals surface area contributed by atoms with E-state index in [-0.39, 0.29) is 18.7 Å². The van der Waals surface area contributed by atoms with Gasteiger partial charge in [-0.25, -0.2) is 8.78 Å². The number of carbonyl (C=O) groups is 1. The predicted octanol–water partition coefficient (Wildman–Crippen LogP) is 8.55. The molecule has 0 bridgehead atoms. The van der Waals surface area contributed by atoms with Crippen molar-refractivity contribution in [2.75, 3.05) is 23.3 Å². The third-order valence-electron chi connectivity index (χ3n) is 9.74.